The molecule has 4 atom stereocenters. The Morgan fingerprint density at radius 1 is 1.57 bits per heavy atom. The lowest BCUT2D eigenvalue weighted by Gasteiger charge is -2.17. The number of fused-ring (bicyclic) bond motifs is 1. The summed E-state index contributed by atoms with van der Waals surface area (Å²) in [6.45, 7) is -0.448. The summed E-state index contributed by atoms with van der Waals surface area (Å²) in [5.74, 6) is 0.128. The average molecular weight is 316 g/mol. The van der Waals surface area contributed by atoms with E-state index in [1.54, 1.807) is 0 Å². The van der Waals surface area contributed by atoms with E-state index < -0.39 is 31.1 Å². The number of aliphatic hydroxyl groups excluding tert-OH is 2. The molecule has 0 aliphatic carbocycles. The minimum atomic E-state index is -1.19. The SMILES string of the molecule is N#Cc1cn(C2OC(CO)C(O)C2N=[N+]=[N-])c2ncnc(N)c12. The molecule has 23 heavy (non-hydrogen) atoms. The third kappa shape index (κ3) is 2.23. The molecule has 11 nitrogen and oxygen atoms in total. The smallest absolute Gasteiger partial charge is 0.148 e. The van der Waals surface area contributed by atoms with Crippen LogP contribution in [0.2, 0.25) is 0 Å². The molecular weight excluding hydrogens is 304 g/mol. The van der Waals surface area contributed by atoms with Crippen LogP contribution < -0.4 is 5.73 Å². The van der Waals surface area contributed by atoms with E-state index in [2.05, 4.69) is 20.0 Å². The summed E-state index contributed by atoms with van der Waals surface area (Å²) < 4.78 is 7.02. The summed E-state index contributed by atoms with van der Waals surface area (Å²) in [6.07, 6.45) is -0.378. The highest BCUT2D eigenvalue weighted by molar-refractivity contribution is 5.91. The van der Waals surface area contributed by atoms with Gasteiger partial charge < -0.3 is 25.3 Å². The van der Waals surface area contributed by atoms with Crippen molar-refractivity contribution in [3.63, 3.8) is 0 Å². The monoisotopic (exact) mass is 316 g/mol. The standard InChI is InChI=1S/C12H12N8O3/c13-1-5-2-20(11-7(5)10(14)16-4-17-11)12-8(18-19-15)9(22)6(3-21)23-12/h2,4,6,8-9,12,21-22H,3H2,(H2,14,16,17). The van der Waals surface area contributed by atoms with Gasteiger partial charge >= 0.3 is 0 Å². The summed E-state index contributed by atoms with van der Waals surface area (Å²) >= 11 is 0. The number of nitriles is 1. The maximum absolute atomic E-state index is 10.1. The molecule has 118 valence electrons. The van der Waals surface area contributed by atoms with Crippen LogP contribution >= 0.6 is 0 Å². The lowest BCUT2D eigenvalue weighted by Crippen LogP contribution is -2.31. The number of nitrogen functional groups attached to an aromatic ring is 1. The van der Waals surface area contributed by atoms with Crippen LogP contribution in [0.25, 0.3) is 21.5 Å². The number of rotatable bonds is 3. The fraction of sp³-hybridized carbons (Fsp3) is 0.417. The third-order valence-corrected chi connectivity index (χ3v) is 3.74. The molecule has 0 radical (unpaired) electrons. The quantitative estimate of drug-likeness (QED) is 0.398. The maximum Gasteiger partial charge on any atom is 0.148 e. The van der Waals surface area contributed by atoms with Crippen molar-refractivity contribution in [1.29, 1.82) is 5.26 Å². The first-order chi connectivity index (χ1) is 11.1. The van der Waals surface area contributed by atoms with Crippen molar-refractivity contribution in [1.82, 2.24) is 14.5 Å². The predicted octanol–water partition coefficient (Wildman–Crippen LogP) is -0.185. The number of hydrogen-bond donors (Lipinski definition) is 3. The second-order valence-corrected chi connectivity index (χ2v) is 4.95. The first kappa shape index (κ1) is 15.0. The van der Waals surface area contributed by atoms with Crippen molar-refractivity contribution in [3.8, 4) is 6.07 Å². The van der Waals surface area contributed by atoms with Gasteiger partial charge in [-0.2, -0.15) is 5.26 Å². The number of hydrogen-bond acceptors (Lipinski definition) is 8. The van der Waals surface area contributed by atoms with Crippen LogP contribution in [0.4, 0.5) is 5.82 Å². The fourth-order valence-corrected chi connectivity index (χ4v) is 2.68. The third-order valence-electron chi connectivity index (χ3n) is 3.74. The number of aliphatic hydroxyl groups is 2. The van der Waals surface area contributed by atoms with E-state index >= 15 is 0 Å². The number of aromatic nitrogens is 3. The average Bonchev–Trinajstić information content (AvgIpc) is 3.07. The Bertz CT molecular complexity index is 837. The Balaban J connectivity index is 2.18. The van der Waals surface area contributed by atoms with Crippen molar-refractivity contribution in [2.45, 2.75) is 24.5 Å². The summed E-state index contributed by atoms with van der Waals surface area (Å²) in [5, 5.41) is 32.5. The van der Waals surface area contributed by atoms with Gasteiger partial charge in [0.05, 0.1) is 23.7 Å². The molecule has 0 aromatic carbocycles. The van der Waals surface area contributed by atoms with Crippen LogP contribution in [-0.4, -0.2) is 49.6 Å². The molecule has 0 saturated carbocycles. The van der Waals surface area contributed by atoms with Gasteiger partial charge in [0.1, 0.15) is 42.2 Å². The number of nitrogens with two attached hydrogens (primary N) is 1. The molecule has 2 aromatic heterocycles. The van der Waals surface area contributed by atoms with Gasteiger partial charge in [0, 0.05) is 11.1 Å². The molecule has 3 heterocycles. The molecule has 3 rings (SSSR count). The fourth-order valence-electron chi connectivity index (χ4n) is 2.68. The first-order valence-corrected chi connectivity index (χ1v) is 6.62. The Kier molecular flexibility index (Phi) is 3.73. The van der Waals surface area contributed by atoms with E-state index in [4.69, 9.17) is 16.0 Å². The number of anilines is 1. The maximum atomic E-state index is 10.1. The van der Waals surface area contributed by atoms with Crippen LogP contribution in [0.1, 0.15) is 11.8 Å². The molecule has 11 heteroatoms. The van der Waals surface area contributed by atoms with Crippen LogP contribution in [0.5, 0.6) is 0 Å². The van der Waals surface area contributed by atoms with E-state index in [1.807, 2.05) is 6.07 Å². The largest absolute Gasteiger partial charge is 0.394 e. The molecule has 4 N–H and O–H groups in total. The van der Waals surface area contributed by atoms with Crippen LogP contribution in [0.15, 0.2) is 17.6 Å². The van der Waals surface area contributed by atoms with E-state index in [1.165, 1.54) is 17.1 Å². The lowest BCUT2D eigenvalue weighted by atomic mass is 10.1. The highest BCUT2D eigenvalue weighted by Crippen LogP contribution is 2.35. The second-order valence-electron chi connectivity index (χ2n) is 4.95. The van der Waals surface area contributed by atoms with E-state index in [0.717, 1.165) is 0 Å². The molecule has 4 unspecified atom stereocenters. The molecular formula is C12H12N8O3. The Labute approximate surface area is 129 Å². The molecule has 1 aliphatic heterocycles. The number of azide groups is 1. The van der Waals surface area contributed by atoms with E-state index in [0.29, 0.717) is 11.0 Å². The van der Waals surface area contributed by atoms with Gasteiger partial charge in [-0.3, -0.25) is 0 Å². The zero-order chi connectivity index (χ0) is 16.6. The summed E-state index contributed by atoms with van der Waals surface area (Å²) in [6, 6.07) is 0.996. The van der Waals surface area contributed by atoms with Crippen molar-refractivity contribution in [2.75, 3.05) is 12.3 Å². The van der Waals surface area contributed by atoms with Gasteiger partial charge in [0.15, 0.2) is 0 Å². The molecule has 2 aromatic rings. The Morgan fingerprint density at radius 2 is 2.35 bits per heavy atom. The first-order valence-electron chi connectivity index (χ1n) is 6.62. The minimum Gasteiger partial charge on any atom is -0.394 e. The molecule has 0 bridgehead atoms. The summed E-state index contributed by atoms with van der Waals surface area (Å²) in [4.78, 5) is 10.6. The van der Waals surface area contributed by atoms with Gasteiger partial charge in [0.2, 0.25) is 0 Å². The molecule has 1 saturated heterocycles. The van der Waals surface area contributed by atoms with Crippen LogP contribution in [0.3, 0.4) is 0 Å². The van der Waals surface area contributed by atoms with Crippen molar-refractivity contribution in [2.24, 2.45) is 5.11 Å². The number of ether oxygens (including phenoxy) is 1. The Morgan fingerprint density at radius 3 is 3.00 bits per heavy atom. The second kappa shape index (κ2) is 5.71. The van der Waals surface area contributed by atoms with Crippen LogP contribution in [-0.2, 0) is 4.74 Å². The predicted molar refractivity (Wildman–Crippen MR) is 76.6 cm³/mol. The normalized spacial score (nSPS) is 26.8. The van der Waals surface area contributed by atoms with Crippen molar-refractivity contribution in [3.05, 3.63) is 28.5 Å². The lowest BCUT2D eigenvalue weighted by molar-refractivity contribution is -0.0435. The van der Waals surface area contributed by atoms with E-state index in [-0.39, 0.29) is 11.4 Å². The van der Waals surface area contributed by atoms with Gasteiger partial charge in [-0.15, -0.1) is 0 Å². The number of nitrogens with zero attached hydrogens (tertiary/aromatic N) is 7. The Hall–Kier alpha value is -2.90. The van der Waals surface area contributed by atoms with Crippen molar-refractivity contribution >= 4 is 16.9 Å². The molecule has 0 spiro atoms. The highest BCUT2D eigenvalue weighted by atomic mass is 16.5. The molecule has 1 fully saturated rings. The zero-order valence-electron chi connectivity index (χ0n) is 11.7. The molecule has 0 amide bonds. The molecule has 1 aliphatic rings. The van der Waals surface area contributed by atoms with Gasteiger partial charge in [-0.1, -0.05) is 5.11 Å². The summed E-state index contributed by atoms with van der Waals surface area (Å²) in [5.41, 5.74) is 15.0. The minimum absolute atomic E-state index is 0.128. The van der Waals surface area contributed by atoms with Gasteiger partial charge in [-0.25, -0.2) is 9.97 Å². The highest BCUT2D eigenvalue weighted by Gasteiger charge is 2.44. The summed E-state index contributed by atoms with van der Waals surface area (Å²) in [7, 11) is 0. The van der Waals surface area contributed by atoms with Crippen molar-refractivity contribution < 1.29 is 14.9 Å². The topological polar surface area (TPSA) is 179 Å². The van der Waals surface area contributed by atoms with Crippen LogP contribution in [0, 0.1) is 11.3 Å². The van der Waals surface area contributed by atoms with E-state index in [9.17, 15) is 15.5 Å². The van der Waals surface area contributed by atoms with Gasteiger partial charge in [0.25, 0.3) is 0 Å². The zero-order valence-corrected chi connectivity index (χ0v) is 11.7. The van der Waals surface area contributed by atoms with Gasteiger partial charge in [-0.05, 0) is 5.53 Å².